The standard InChI is InChI=1S/C18H21N3OS/c1-12(2)21-17(16-8-9-22-14(16)4)19-20-18(21)23-11-15-7-5-6-13(3)10-15/h5-10,12H,11H2,1-4H3. The molecule has 0 saturated heterocycles. The van der Waals surface area contributed by atoms with E-state index in [-0.39, 0.29) is 6.04 Å². The number of benzene rings is 1. The van der Waals surface area contributed by atoms with Crippen LogP contribution >= 0.6 is 11.8 Å². The van der Waals surface area contributed by atoms with Gasteiger partial charge in [-0.05, 0) is 39.3 Å². The summed E-state index contributed by atoms with van der Waals surface area (Å²) in [6.07, 6.45) is 1.70. The Kier molecular flexibility index (Phi) is 4.57. The van der Waals surface area contributed by atoms with Crippen LogP contribution in [-0.2, 0) is 5.75 Å². The number of aromatic nitrogens is 3. The highest BCUT2D eigenvalue weighted by molar-refractivity contribution is 7.98. The lowest BCUT2D eigenvalue weighted by atomic mass is 10.2. The molecule has 0 aliphatic rings. The third-order valence-electron chi connectivity index (χ3n) is 3.73. The maximum absolute atomic E-state index is 5.42. The molecule has 0 spiro atoms. The number of aryl methyl sites for hydroxylation is 2. The van der Waals surface area contributed by atoms with Gasteiger partial charge in [0, 0.05) is 11.8 Å². The number of furan rings is 1. The van der Waals surface area contributed by atoms with E-state index in [1.807, 2.05) is 13.0 Å². The Hall–Kier alpha value is -2.01. The SMILES string of the molecule is Cc1cccc(CSc2nnc(-c3ccoc3C)n2C(C)C)c1. The van der Waals surface area contributed by atoms with E-state index < -0.39 is 0 Å². The third kappa shape index (κ3) is 3.34. The van der Waals surface area contributed by atoms with Crippen molar-refractivity contribution in [1.82, 2.24) is 14.8 Å². The molecule has 2 heterocycles. The Morgan fingerprint density at radius 1 is 1.17 bits per heavy atom. The average molecular weight is 327 g/mol. The van der Waals surface area contributed by atoms with Gasteiger partial charge in [0.05, 0.1) is 11.8 Å². The average Bonchev–Trinajstić information content (AvgIpc) is 3.10. The molecule has 0 atom stereocenters. The van der Waals surface area contributed by atoms with Gasteiger partial charge in [0.25, 0.3) is 0 Å². The highest BCUT2D eigenvalue weighted by atomic mass is 32.2. The number of thioether (sulfide) groups is 1. The Labute approximate surface area is 140 Å². The normalized spacial score (nSPS) is 11.3. The number of nitrogens with zero attached hydrogens (tertiary/aromatic N) is 3. The predicted molar refractivity (Wildman–Crippen MR) is 93.6 cm³/mol. The van der Waals surface area contributed by atoms with Crippen molar-refractivity contribution in [3.63, 3.8) is 0 Å². The van der Waals surface area contributed by atoms with Gasteiger partial charge in [-0.3, -0.25) is 4.57 Å². The number of hydrogen-bond donors (Lipinski definition) is 0. The van der Waals surface area contributed by atoms with Crippen LogP contribution in [-0.4, -0.2) is 14.8 Å². The molecule has 5 heteroatoms. The highest BCUT2D eigenvalue weighted by Gasteiger charge is 2.19. The summed E-state index contributed by atoms with van der Waals surface area (Å²) >= 11 is 1.72. The zero-order valence-electron chi connectivity index (χ0n) is 13.9. The van der Waals surface area contributed by atoms with Gasteiger partial charge < -0.3 is 4.42 Å². The van der Waals surface area contributed by atoms with E-state index in [1.165, 1.54) is 11.1 Å². The smallest absolute Gasteiger partial charge is 0.192 e. The monoisotopic (exact) mass is 327 g/mol. The first-order valence-corrected chi connectivity index (χ1v) is 8.72. The van der Waals surface area contributed by atoms with Crippen LogP contribution in [0.1, 0.15) is 36.8 Å². The molecule has 3 aromatic rings. The molecule has 4 nitrogen and oxygen atoms in total. The van der Waals surface area contributed by atoms with Crippen molar-refractivity contribution in [2.45, 2.75) is 44.6 Å². The molecule has 0 N–H and O–H groups in total. The largest absolute Gasteiger partial charge is 0.469 e. The van der Waals surface area contributed by atoms with E-state index in [2.05, 4.69) is 59.8 Å². The first kappa shape index (κ1) is 15.9. The second-order valence-corrected chi connectivity index (χ2v) is 6.88. The van der Waals surface area contributed by atoms with E-state index in [0.29, 0.717) is 0 Å². The quantitative estimate of drug-likeness (QED) is 0.617. The van der Waals surface area contributed by atoms with Gasteiger partial charge in [-0.2, -0.15) is 0 Å². The predicted octanol–water partition coefficient (Wildman–Crippen LogP) is 5.03. The molecule has 0 bridgehead atoms. The maximum Gasteiger partial charge on any atom is 0.192 e. The zero-order chi connectivity index (χ0) is 16.4. The first-order chi connectivity index (χ1) is 11.1. The summed E-state index contributed by atoms with van der Waals surface area (Å²) in [6.45, 7) is 8.37. The molecule has 0 unspecified atom stereocenters. The second kappa shape index (κ2) is 6.62. The lowest BCUT2D eigenvalue weighted by Gasteiger charge is -2.13. The van der Waals surface area contributed by atoms with E-state index in [9.17, 15) is 0 Å². The van der Waals surface area contributed by atoms with Crippen molar-refractivity contribution in [2.75, 3.05) is 0 Å². The van der Waals surface area contributed by atoms with Gasteiger partial charge in [-0.25, -0.2) is 0 Å². The van der Waals surface area contributed by atoms with Crippen molar-refractivity contribution < 1.29 is 4.42 Å². The molecular formula is C18H21N3OS. The summed E-state index contributed by atoms with van der Waals surface area (Å²) in [6, 6.07) is 10.8. The van der Waals surface area contributed by atoms with Crippen molar-refractivity contribution >= 4 is 11.8 Å². The summed E-state index contributed by atoms with van der Waals surface area (Å²) in [5.41, 5.74) is 3.59. The lowest BCUT2D eigenvalue weighted by Crippen LogP contribution is -2.05. The van der Waals surface area contributed by atoms with Crippen LogP contribution in [0, 0.1) is 13.8 Å². The molecule has 0 aliphatic carbocycles. The Morgan fingerprint density at radius 2 is 2.00 bits per heavy atom. The Balaban J connectivity index is 1.88. The molecule has 0 aliphatic heterocycles. The summed E-state index contributed by atoms with van der Waals surface area (Å²) in [7, 11) is 0. The van der Waals surface area contributed by atoms with Gasteiger partial charge in [0.15, 0.2) is 11.0 Å². The maximum atomic E-state index is 5.42. The molecule has 120 valence electrons. The van der Waals surface area contributed by atoms with Crippen LogP contribution in [0.3, 0.4) is 0 Å². The highest BCUT2D eigenvalue weighted by Crippen LogP contribution is 2.31. The van der Waals surface area contributed by atoms with Crippen molar-refractivity contribution in [3.05, 3.63) is 53.5 Å². The molecule has 1 aromatic carbocycles. The topological polar surface area (TPSA) is 43.9 Å². The first-order valence-electron chi connectivity index (χ1n) is 7.74. The minimum absolute atomic E-state index is 0.286. The summed E-state index contributed by atoms with van der Waals surface area (Å²) < 4.78 is 7.60. The fraction of sp³-hybridized carbons (Fsp3) is 0.333. The lowest BCUT2D eigenvalue weighted by molar-refractivity contribution is 0.531. The summed E-state index contributed by atoms with van der Waals surface area (Å²) in [4.78, 5) is 0. The van der Waals surface area contributed by atoms with Crippen LogP contribution < -0.4 is 0 Å². The summed E-state index contributed by atoms with van der Waals surface area (Å²) in [5, 5.41) is 9.75. The van der Waals surface area contributed by atoms with E-state index in [4.69, 9.17) is 4.42 Å². The van der Waals surface area contributed by atoms with Crippen molar-refractivity contribution in [1.29, 1.82) is 0 Å². The molecule has 23 heavy (non-hydrogen) atoms. The fourth-order valence-electron chi connectivity index (χ4n) is 2.59. The van der Waals surface area contributed by atoms with Crippen LogP contribution in [0.5, 0.6) is 0 Å². The Bertz CT molecular complexity index is 804. The molecule has 0 fully saturated rings. The van der Waals surface area contributed by atoms with Crippen LogP contribution in [0.25, 0.3) is 11.4 Å². The van der Waals surface area contributed by atoms with Gasteiger partial charge in [0.1, 0.15) is 5.76 Å². The minimum Gasteiger partial charge on any atom is -0.469 e. The van der Waals surface area contributed by atoms with Gasteiger partial charge in [-0.1, -0.05) is 41.6 Å². The van der Waals surface area contributed by atoms with Crippen LogP contribution in [0.15, 0.2) is 46.2 Å². The van der Waals surface area contributed by atoms with Gasteiger partial charge in [-0.15, -0.1) is 10.2 Å². The number of hydrogen-bond acceptors (Lipinski definition) is 4. The molecule has 0 saturated carbocycles. The molecule has 3 rings (SSSR count). The zero-order valence-corrected chi connectivity index (χ0v) is 14.7. The van der Waals surface area contributed by atoms with Crippen molar-refractivity contribution in [2.24, 2.45) is 0 Å². The van der Waals surface area contributed by atoms with Gasteiger partial charge in [0.2, 0.25) is 0 Å². The van der Waals surface area contributed by atoms with E-state index in [0.717, 1.165) is 28.1 Å². The molecule has 0 amide bonds. The second-order valence-electron chi connectivity index (χ2n) is 5.94. The van der Waals surface area contributed by atoms with Crippen LogP contribution in [0.2, 0.25) is 0 Å². The Morgan fingerprint density at radius 3 is 2.65 bits per heavy atom. The van der Waals surface area contributed by atoms with Gasteiger partial charge >= 0.3 is 0 Å². The molecule has 0 radical (unpaired) electrons. The third-order valence-corrected chi connectivity index (χ3v) is 4.75. The van der Waals surface area contributed by atoms with E-state index in [1.54, 1.807) is 18.0 Å². The van der Waals surface area contributed by atoms with E-state index >= 15 is 0 Å². The van der Waals surface area contributed by atoms with Crippen molar-refractivity contribution in [3.8, 4) is 11.4 Å². The minimum atomic E-state index is 0.286. The van der Waals surface area contributed by atoms with Crippen LogP contribution in [0.4, 0.5) is 0 Å². The fourth-order valence-corrected chi connectivity index (χ4v) is 3.60. The molecular weight excluding hydrogens is 306 g/mol. The molecule has 2 aromatic heterocycles. The summed E-state index contributed by atoms with van der Waals surface area (Å²) in [5.74, 6) is 2.63. The number of rotatable bonds is 5.